The van der Waals surface area contributed by atoms with E-state index in [-0.39, 0.29) is 23.4 Å². The van der Waals surface area contributed by atoms with Crippen molar-refractivity contribution >= 4 is 29.1 Å². The number of anilines is 1. The number of nitrogen functional groups attached to an aromatic ring is 1. The van der Waals surface area contributed by atoms with Crippen LogP contribution in [0.5, 0.6) is 0 Å². The van der Waals surface area contributed by atoms with E-state index in [1.807, 2.05) is 13.8 Å². The molecule has 104 valence electrons. The molecule has 0 spiro atoms. The first-order chi connectivity index (χ1) is 8.91. The van der Waals surface area contributed by atoms with E-state index in [9.17, 15) is 9.59 Å². The molecule has 0 fully saturated rings. The van der Waals surface area contributed by atoms with Gasteiger partial charge in [0.15, 0.2) is 5.78 Å². The number of nitrogens with one attached hydrogen (secondary N) is 1. The van der Waals surface area contributed by atoms with Crippen molar-refractivity contribution in [2.45, 2.75) is 31.8 Å². The minimum atomic E-state index is -0.436. The molecule has 0 radical (unpaired) electrons. The molecule has 1 aromatic heterocycles. The maximum Gasteiger partial charge on any atom is 0.231 e. The number of nitrogens with zero attached hydrogens (tertiary/aromatic N) is 1. The van der Waals surface area contributed by atoms with Gasteiger partial charge in [-0.1, -0.05) is 25.6 Å². The summed E-state index contributed by atoms with van der Waals surface area (Å²) < 4.78 is 0. The van der Waals surface area contributed by atoms with Gasteiger partial charge >= 0.3 is 0 Å². The summed E-state index contributed by atoms with van der Waals surface area (Å²) in [6.45, 7) is 5.28. The second kappa shape index (κ2) is 7.13. The number of ketones is 1. The monoisotopic (exact) mass is 281 g/mol. The summed E-state index contributed by atoms with van der Waals surface area (Å²) >= 11 is 1.26. The van der Waals surface area contributed by atoms with E-state index in [0.717, 1.165) is 0 Å². The summed E-state index contributed by atoms with van der Waals surface area (Å²) in [6, 6.07) is 3.04. The van der Waals surface area contributed by atoms with Crippen LogP contribution in [0, 0.1) is 5.92 Å². The summed E-state index contributed by atoms with van der Waals surface area (Å²) in [6.07, 6.45) is 1.63. The zero-order valence-electron chi connectivity index (χ0n) is 11.3. The lowest BCUT2D eigenvalue weighted by atomic mass is 10.0. The van der Waals surface area contributed by atoms with Crippen LogP contribution in [0.25, 0.3) is 0 Å². The summed E-state index contributed by atoms with van der Waals surface area (Å²) in [5.41, 5.74) is 6.28. The first-order valence-electron chi connectivity index (χ1n) is 6.05. The predicted molar refractivity (Wildman–Crippen MR) is 76.8 cm³/mol. The Bertz CT molecular complexity index is 463. The molecule has 0 saturated carbocycles. The molecule has 3 N–H and O–H groups in total. The molecule has 0 bridgehead atoms. The van der Waals surface area contributed by atoms with E-state index < -0.39 is 6.04 Å². The zero-order chi connectivity index (χ0) is 14.4. The van der Waals surface area contributed by atoms with Gasteiger partial charge in [-0.25, -0.2) is 4.98 Å². The van der Waals surface area contributed by atoms with Gasteiger partial charge in [-0.05, 0) is 25.0 Å². The number of nitrogens with two attached hydrogens (primary N) is 1. The fourth-order valence-electron chi connectivity index (χ4n) is 1.61. The maximum atomic E-state index is 11.8. The van der Waals surface area contributed by atoms with E-state index in [0.29, 0.717) is 10.7 Å². The zero-order valence-corrected chi connectivity index (χ0v) is 12.2. The maximum absolute atomic E-state index is 11.8. The average Bonchev–Trinajstić information content (AvgIpc) is 2.34. The van der Waals surface area contributed by atoms with Crippen LogP contribution in [0.15, 0.2) is 23.4 Å². The molecular weight excluding hydrogens is 262 g/mol. The second-order valence-electron chi connectivity index (χ2n) is 4.59. The van der Waals surface area contributed by atoms with E-state index in [2.05, 4.69) is 10.3 Å². The Morgan fingerprint density at radius 1 is 1.47 bits per heavy atom. The Kier molecular flexibility index (Phi) is 5.82. The smallest absolute Gasteiger partial charge is 0.231 e. The molecule has 1 heterocycles. The van der Waals surface area contributed by atoms with Crippen molar-refractivity contribution in [3.8, 4) is 0 Å². The van der Waals surface area contributed by atoms with E-state index in [4.69, 9.17) is 5.73 Å². The molecule has 1 rings (SSSR count). The lowest BCUT2D eigenvalue weighted by molar-refractivity contribution is -0.126. The molecule has 0 aromatic carbocycles. The highest BCUT2D eigenvalue weighted by Gasteiger charge is 2.20. The molecule has 1 unspecified atom stereocenters. The molecule has 0 saturated heterocycles. The largest absolute Gasteiger partial charge is 0.397 e. The van der Waals surface area contributed by atoms with Gasteiger partial charge < -0.3 is 11.1 Å². The van der Waals surface area contributed by atoms with E-state index >= 15 is 0 Å². The molecule has 1 atom stereocenters. The Balaban J connectivity index is 2.52. The first-order valence-corrected chi connectivity index (χ1v) is 7.03. The standard InChI is InChI=1S/C13H19N3O2S/c1-8(2)12(9(3)17)16-11(18)7-19-13-10(14)5-4-6-15-13/h4-6,8,12H,7,14H2,1-3H3,(H,16,18). The number of amides is 1. The number of aromatic nitrogens is 1. The molecule has 1 amide bonds. The van der Waals surface area contributed by atoms with Crippen molar-refractivity contribution in [3.05, 3.63) is 18.3 Å². The van der Waals surface area contributed by atoms with Gasteiger partial charge in [-0.3, -0.25) is 9.59 Å². The van der Waals surface area contributed by atoms with Crippen LogP contribution >= 0.6 is 11.8 Å². The van der Waals surface area contributed by atoms with Crippen molar-refractivity contribution in [3.63, 3.8) is 0 Å². The normalized spacial score (nSPS) is 12.2. The van der Waals surface area contributed by atoms with Crippen molar-refractivity contribution in [2.24, 2.45) is 5.92 Å². The third kappa shape index (κ3) is 4.90. The predicted octanol–water partition coefficient (Wildman–Crippen LogP) is 1.49. The Morgan fingerprint density at radius 2 is 2.16 bits per heavy atom. The molecule has 0 aliphatic heterocycles. The van der Waals surface area contributed by atoms with Crippen LogP contribution in [0.1, 0.15) is 20.8 Å². The highest BCUT2D eigenvalue weighted by molar-refractivity contribution is 8.00. The Labute approximate surface area is 117 Å². The number of carbonyl (C=O) groups is 2. The number of thioether (sulfide) groups is 1. The fraction of sp³-hybridized carbons (Fsp3) is 0.462. The van der Waals surface area contributed by atoms with Crippen LogP contribution in [0.4, 0.5) is 5.69 Å². The summed E-state index contributed by atoms with van der Waals surface area (Å²) in [5.74, 6) is 0.0403. The van der Waals surface area contributed by atoms with E-state index in [1.165, 1.54) is 18.7 Å². The molecule has 0 aliphatic rings. The Morgan fingerprint density at radius 3 is 2.68 bits per heavy atom. The van der Waals surface area contributed by atoms with Crippen LogP contribution in [0.2, 0.25) is 0 Å². The third-order valence-electron chi connectivity index (χ3n) is 2.56. The molecule has 19 heavy (non-hydrogen) atoms. The number of carbonyl (C=O) groups excluding carboxylic acids is 2. The van der Waals surface area contributed by atoms with Crippen molar-refractivity contribution < 1.29 is 9.59 Å². The van der Waals surface area contributed by atoms with Crippen molar-refractivity contribution in [1.82, 2.24) is 10.3 Å². The highest BCUT2D eigenvalue weighted by Crippen LogP contribution is 2.21. The SMILES string of the molecule is CC(=O)C(NC(=O)CSc1ncccc1N)C(C)C. The fourth-order valence-corrected chi connectivity index (χ4v) is 2.33. The van der Waals surface area contributed by atoms with Gasteiger partial charge in [0.1, 0.15) is 5.03 Å². The summed E-state index contributed by atoms with van der Waals surface area (Å²) in [4.78, 5) is 27.3. The van der Waals surface area contributed by atoms with Crippen LogP contribution < -0.4 is 11.1 Å². The number of hydrogen-bond donors (Lipinski definition) is 2. The van der Waals surface area contributed by atoms with Gasteiger partial charge in [0, 0.05) is 6.20 Å². The lowest BCUT2D eigenvalue weighted by Gasteiger charge is -2.19. The van der Waals surface area contributed by atoms with Crippen molar-refractivity contribution in [2.75, 3.05) is 11.5 Å². The molecular formula is C13H19N3O2S. The number of hydrogen-bond acceptors (Lipinski definition) is 5. The quantitative estimate of drug-likeness (QED) is 0.772. The molecule has 6 heteroatoms. The third-order valence-corrected chi connectivity index (χ3v) is 3.58. The topological polar surface area (TPSA) is 85.1 Å². The number of rotatable bonds is 6. The minimum absolute atomic E-state index is 0.0364. The first kappa shape index (κ1) is 15.5. The summed E-state index contributed by atoms with van der Waals surface area (Å²) in [7, 11) is 0. The number of Topliss-reactive ketones (excluding diaryl/α,β-unsaturated/α-hetero) is 1. The van der Waals surface area contributed by atoms with Crippen LogP contribution in [-0.2, 0) is 9.59 Å². The summed E-state index contributed by atoms with van der Waals surface area (Å²) in [5, 5.41) is 3.35. The van der Waals surface area contributed by atoms with Crippen molar-refractivity contribution in [1.29, 1.82) is 0 Å². The molecule has 1 aromatic rings. The lowest BCUT2D eigenvalue weighted by Crippen LogP contribution is -2.44. The van der Waals surface area contributed by atoms with Gasteiger partial charge in [0.25, 0.3) is 0 Å². The van der Waals surface area contributed by atoms with Gasteiger partial charge in [0.2, 0.25) is 5.91 Å². The number of pyridine rings is 1. The van der Waals surface area contributed by atoms with Crippen LogP contribution in [0.3, 0.4) is 0 Å². The van der Waals surface area contributed by atoms with E-state index in [1.54, 1.807) is 18.3 Å². The average molecular weight is 281 g/mol. The van der Waals surface area contributed by atoms with Gasteiger partial charge in [-0.15, -0.1) is 0 Å². The van der Waals surface area contributed by atoms with Gasteiger partial charge in [0.05, 0.1) is 17.5 Å². The van der Waals surface area contributed by atoms with Gasteiger partial charge in [-0.2, -0.15) is 0 Å². The molecule has 5 nitrogen and oxygen atoms in total. The molecule has 0 aliphatic carbocycles. The van der Waals surface area contributed by atoms with Crippen LogP contribution in [-0.4, -0.2) is 28.5 Å². The Hall–Kier alpha value is -1.56. The highest BCUT2D eigenvalue weighted by atomic mass is 32.2. The minimum Gasteiger partial charge on any atom is -0.397 e. The second-order valence-corrected chi connectivity index (χ2v) is 5.55.